The minimum atomic E-state index is -0.573. The van der Waals surface area contributed by atoms with Crippen LogP contribution in [-0.2, 0) is 4.79 Å². The maximum absolute atomic E-state index is 12.4. The summed E-state index contributed by atoms with van der Waals surface area (Å²) in [6, 6.07) is 13.3. The molecule has 0 saturated heterocycles. The van der Waals surface area contributed by atoms with Gasteiger partial charge in [-0.25, -0.2) is 4.98 Å². The van der Waals surface area contributed by atoms with Crippen molar-refractivity contribution >= 4 is 46.2 Å². The Bertz CT molecular complexity index is 1310. The lowest BCUT2D eigenvalue weighted by molar-refractivity contribution is -0.384. The van der Waals surface area contributed by atoms with E-state index in [0.29, 0.717) is 33.9 Å². The van der Waals surface area contributed by atoms with E-state index < -0.39 is 10.8 Å². The van der Waals surface area contributed by atoms with Crippen LogP contribution < -0.4 is 5.32 Å². The zero-order valence-electron chi connectivity index (χ0n) is 16.2. The van der Waals surface area contributed by atoms with Crippen LogP contribution in [0.3, 0.4) is 0 Å². The maximum atomic E-state index is 12.4. The number of halogens is 1. The van der Waals surface area contributed by atoms with E-state index in [4.69, 9.17) is 16.0 Å². The molecule has 1 amide bonds. The monoisotopic (exact) mass is 434 g/mol. The van der Waals surface area contributed by atoms with Crippen LogP contribution >= 0.6 is 11.6 Å². The summed E-state index contributed by atoms with van der Waals surface area (Å²) in [6.45, 7) is 1.86. The molecule has 0 fully saturated rings. The molecular formula is C22H15ClN4O4. The lowest BCUT2D eigenvalue weighted by Gasteiger charge is -2.08. The van der Waals surface area contributed by atoms with Crippen LogP contribution in [0.15, 0.2) is 65.2 Å². The number of rotatable bonds is 5. The highest BCUT2D eigenvalue weighted by molar-refractivity contribution is 6.32. The fraction of sp³-hybridized carbons (Fsp3) is 0.0455. The van der Waals surface area contributed by atoms with E-state index in [1.54, 1.807) is 30.5 Å². The van der Waals surface area contributed by atoms with Crippen LogP contribution in [0, 0.1) is 17.0 Å². The largest absolute Gasteiger partial charge is 0.434 e. The zero-order chi connectivity index (χ0) is 22.0. The maximum Gasteiger partial charge on any atom is 0.288 e. The van der Waals surface area contributed by atoms with Gasteiger partial charge in [0.15, 0.2) is 11.2 Å². The number of aromatic nitrogens is 2. The molecule has 0 aliphatic rings. The van der Waals surface area contributed by atoms with Crippen molar-refractivity contribution in [2.24, 2.45) is 0 Å². The minimum absolute atomic E-state index is 0.0356. The zero-order valence-corrected chi connectivity index (χ0v) is 17.0. The third-order valence-electron chi connectivity index (χ3n) is 4.50. The van der Waals surface area contributed by atoms with Crippen LogP contribution in [0.1, 0.15) is 11.1 Å². The first kappa shape index (κ1) is 20.2. The summed E-state index contributed by atoms with van der Waals surface area (Å²) in [5, 5.41) is 13.8. The van der Waals surface area contributed by atoms with E-state index in [1.807, 2.05) is 19.1 Å². The number of fused-ring (bicyclic) bond motifs is 1. The van der Waals surface area contributed by atoms with Crippen LogP contribution in [0.5, 0.6) is 0 Å². The van der Waals surface area contributed by atoms with Crippen LogP contribution in [0.25, 0.3) is 28.8 Å². The van der Waals surface area contributed by atoms with Gasteiger partial charge in [0.25, 0.3) is 5.69 Å². The Balaban J connectivity index is 1.54. The topological polar surface area (TPSA) is 111 Å². The Morgan fingerprint density at radius 1 is 1.23 bits per heavy atom. The predicted octanol–water partition coefficient (Wildman–Crippen LogP) is 5.41. The molecule has 0 spiro atoms. The van der Waals surface area contributed by atoms with Crippen molar-refractivity contribution < 1.29 is 14.1 Å². The van der Waals surface area contributed by atoms with E-state index in [0.717, 1.165) is 5.56 Å². The predicted molar refractivity (Wildman–Crippen MR) is 118 cm³/mol. The highest BCUT2D eigenvalue weighted by Gasteiger charge is 2.13. The van der Waals surface area contributed by atoms with Crippen molar-refractivity contribution in [3.8, 4) is 11.5 Å². The number of aryl methyl sites for hydroxylation is 1. The number of pyridine rings is 1. The second kappa shape index (κ2) is 8.37. The summed E-state index contributed by atoms with van der Waals surface area (Å²) in [4.78, 5) is 31.4. The van der Waals surface area contributed by atoms with E-state index in [9.17, 15) is 14.9 Å². The number of carbonyl (C=O) groups is 1. The number of carbonyl (C=O) groups excluding carboxylic acids is 1. The summed E-state index contributed by atoms with van der Waals surface area (Å²) in [7, 11) is 0. The highest BCUT2D eigenvalue weighted by atomic mass is 35.5. The van der Waals surface area contributed by atoms with Crippen molar-refractivity contribution in [1.82, 2.24) is 9.97 Å². The second-order valence-corrected chi connectivity index (χ2v) is 7.07. The van der Waals surface area contributed by atoms with Crippen LogP contribution in [0.4, 0.5) is 11.4 Å². The average Bonchev–Trinajstić information content (AvgIpc) is 3.19. The number of amides is 1. The van der Waals surface area contributed by atoms with Crippen molar-refractivity contribution in [2.75, 3.05) is 5.32 Å². The van der Waals surface area contributed by atoms with Gasteiger partial charge in [0.1, 0.15) is 5.02 Å². The first-order chi connectivity index (χ1) is 14.9. The minimum Gasteiger partial charge on any atom is -0.434 e. The molecule has 0 saturated carbocycles. The van der Waals surface area contributed by atoms with E-state index in [-0.39, 0.29) is 10.7 Å². The van der Waals surface area contributed by atoms with Gasteiger partial charge in [0.05, 0.1) is 4.92 Å². The number of nitrogens with zero attached hydrogens (tertiary/aromatic N) is 3. The number of benzene rings is 2. The molecule has 9 heteroatoms. The van der Waals surface area contributed by atoms with Gasteiger partial charge in [0.2, 0.25) is 11.8 Å². The lowest BCUT2D eigenvalue weighted by Crippen LogP contribution is -2.09. The molecule has 0 radical (unpaired) electrons. The molecular weight excluding hydrogens is 420 g/mol. The molecule has 4 aromatic rings. The van der Waals surface area contributed by atoms with Gasteiger partial charge in [-0.15, -0.1) is 0 Å². The molecule has 31 heavy (non-hydrogen) atoms. The first-order valence-electron chi connectivity index (χ1n) is 9.16. The highest BCUT2D eigenvalue weighted by Crippen LogP contribution is 2.28. The molecule has 8 nitrogen and oxygen atoms in total. The van der Waals surface area contributed by atoms with Crippen molar-refractivity contribution in [2.45, 2.75) is 6.92 Å². The Hall–Kier alpha value is -4.04. The molecule has 0 aliphatic carbocycles. The van der Waals surface area contributed by atoms with Gasteiger partial charge < -0.3 is 9.73 Å². The Morgan fingerprint density at radius 3 is 2.84 bits per heavy atom. The normalized spacial score (nSPS) is 11.2. The van der Waals surface area contributed by atoms with Crippen molar-refractivity contribution in [3.05, 3.63) is 87.1 Å². The van der Waals surface area contributed by atoms with E-state index in [2.05, 4.69) is 15.3 Å². The average molecular weight is 435 g/mol. The molecule has 154 valence electrons. The number of oxazole rings is 1. The number of anilines is 1. The fourth-order valence-electron chi connectivity index (χ4n) is 2.90. The molecule has 2 aromatic heterocycles. The van der Waals surface area contributed by atoms with Gasteiger partial charge in [-0.3, -0.25) is 14.9 Å². The lowest BCUT2D eigenvalue weighted by atomic mass is 10.1. The molecule has 2 aromatic carbocycles. The van der Waals surface area contributed by atoms with Gasteiger partial charge in [-0.1, -0.05) is 23.7 Å². The first-order valence-corrected chi connectivity index (χ1v) is 9.54. The Kier molecular flexibility index (Phi) is 5.46. The van der Waals surface area contributed by atoms with Gasteiger partial charge in [-0.2, -0.15) is 4.98 Å². The van der Waals surface area contributed by atoms with Crippen LogP contribution in [-0.4, -0.2) is 20.8 Å². The Labute approximate surface area is 181 Å². The van der Waals surface area contributed by atoms with Gasteiger partial charge in [0, 0.05) is 29.6 Å². The van der Waals surface area contributed by atoms with E-state index >= 15 is 0 Å². The smallest absolute Gasteiger partial charge is 0.288 e. The molecule has 2 heterocycles. The van der Waals surface area contributed by atoms with Crippen molar-refractivity contribution in [3.63, 3.8) is 0 Å². The van der Waals surface area contributed by atoms with Crippen LogP contribution in [0.2, 0.25) is 5.02 Å². The standard InChI is InChI=1S/C22H15ClN4O4/c1-13-4-7-15(22-26-21-19(31-22)3-2-10-24-21)12-17(13)25-20(28)9-6-14-5-8-16(23)18(11-14)27(29)30/h2-12H,1H3,(H,25,28)/b9-6+. The quantitative estimate of drug-likeness (QED) is 0.255. The molecule has 0 bridgehead atoms. The summed E-state index contributed by atoms with van der Waals surface area (Å²) >= 11 is 5.81. The van der Waals surface area contributed by atoms with Gasteiger partial charge in [-0.05, 0) is 54.5 Å². The Morgan fingerprint density at radius 2 is 2.06 bits per heavy atom. The van der Waals surface area contributed by atoms with Gasteiger partial charge >= 0.3 is 0 Å². The molecule has 4 rings (SSSR count). The summed E-state index contributed by atoms with van der Waals surface area (Å²) in [6.07, 6.45) is 4.41. The summed E-state index contributed by atoms with van der Waals surface area (Å²) in [5.41, 5.74) is 3.46. The summed E-state index contributed by atoms with van der Waals surface area (Å²) in [5.74, 6) is 0.00491. The molecule has 0 atom stereocenters. The molecule has 0 unspecified atom stereocenters. The second-order valence-electron chi connectivity index (χ2n) is 6.66. The number of nitro benzene ring substituents is 1. The number of hydrogen-bond acceptors (Lipinski definition) is 6. The third kappa shape index (κ3) is 4.44. The molecule has 0 aliphatic heterocycles. The number of hydrogen-bond donors (Lipinski definition) is 1. The third-order valence-corrected chi connectivity index (χ3v) is 4.82. The summed E-state index contributed by atoms with van der Waals surface area (Å²) < 4.78 is 5.73. The SMILES string of the molecule is Cc1ccc(-c2nc3ncccc3o2)cc1NC(=O)/C=C/c1ccc(Cl)c([N+](=O)[O-])c1. The molecule has 1 N–H and O–H groups in total. The number of nitrogens with one attached hydrogen (secondary N) is 1. The number of nitro groups is 1. The fourth-order valence-corrected chi connectivity index (χ4v) is 3.09. The van der Waals surface area contributed by atoms with E-state index in [1.165, 1.54) is 24.3 Å². The van der Waals surface area contributed by atoms with Crippen molar-refractivity contribution in [1.29, 1.82) is 0 Å².